The predicted octanol–water partition coefficient (Wildman–Crippen LogP) is 0.00230. The number of esters is 1. The Morgan fingerprint density at radius 2 is 2.18 bits per heavy atom. The van der Waals surface area contributed by atoms with Crippen LogP contribution in [0.15, 0.2) is 0 Å². The number of nitrogens with one attached hydrogen (secondary N) is 1. The fourth-order valence-electron chi connectivity index (χ4n) is 2.80. The van der Waals surface area contributed by atoms with Crippen molar-refractivity contribution < 1.29 is 14.3 Å². The molecular weight excluding hydrogens is 220 g/mol. The smallest absolute Gasteiger partial charge is 0.325 e. The van der Waals surface area contributed by atoms with E-state index in [2.05, 4.69) is 10.2 Å². The van der Waals surface area contributed by atoms with Crippen LogP contribution in [0.25, 0.3) is 0 Å². The summed E-state index contributed by atoms with van der Waals surface area (Å²) in [6.45, 7) is 6.36. The average molecular weight is 242 g/mol. The van der Waals surface area contributed by atoms with Crippen molar-refractivity contribution in [2.45, 2.75) is 31.3 Å². The maximum absolute atomic E-state index is 11.8. The van der Waals surface area contributed by atoms with E-state index in [4.69, 9.17) is 9.47 Å². The van der Waals surface area contributed by atoms with Crippen molar-refractivity contribution in [1.82, 2.24) is 10.2 Å². The molecule has 2 saturated heterocycles. The fraction of sp³-hybridized carbons (Fsp3) is 0.917. The van der Waals surface area contributed by atoms with Crippen LogP contribution in [0.1, 0.15) is 19.8 Å². The van der Waals surface area contributed by atoms with Crippen LogP contribution in [0.2, 0.25) is 0 Å². The number of carbonyl (C=O) groups is 1. The van der Waals surface area contributed by atoms with Crippen LogP contribution in [0, 0.1) is 0 Å². The molecule has 0 aliphatic carbocycles. The van der Waals surface area contributed by atoms with Crippen molar-refractivity contribution in [3.8, 4) is 0 Å². The molecule has 0 aromatic carbocycles. The monoisotopic (exact) mass is 242 g/mol. The third-order valence-corrected chi connectivity index (χ3v) is 3.83. The molecule has 2 aliphatic heterocycles. The van der Waals surface area contributed by atoms with E-state index in [-0.39, 0.29) is 5.97 Å². The van der Waals surface area contributed by atoms with E-state index in [9.17, 15) is 4.79 Å². The van der Waals surface area contributed by atoms with Crippen LogP contribution in [-0.2, 0) is 14.3 Å². The summed E-state index contributed by atoms with van der Waals surface area (Å²) in [5.74, 6) is -0.157. The molecule has 2 rings (SSSR count). The van der Waals surface area contributed by atoms with E-state index in [0.717, 1.165) is 45.7 Å². The summed E-state index contributed by atoms with van der Waals surface area (Å²) in [7, 11) is 1.45. The highest BCUT2D eigenvalue weighted by molar-refractivity contribution is 5.80. The molecule has 0 radical (unpaired) electrons. The van der Waals surface area contributed by atoms with Gasteiger partial charge in [0, 0.05) is 19.1 Å². The Bertz CT molecular complexity index is 279. The van der Waals surface area contributed by atoms with E-state index in [0.29, 0.717) is 6.04 Å². The molecule has 2 aliphatic rings. The summed E-state index contributed by atoms with van der Waals surface area (Å²) in [5, 5.41) is 3.28. The lowest BCUT2D eigenvalue weighted by Crippen LogP contribution is -2.60. The van der Waals surface area contributed by atoms with Crippen molar-refractivity contribution in [1.29, 1.82) is 0 Å². The Labute approximate surface area is 102 Å². The minimum Gasteiger partial charge on any atom is -0.468 e. The molecule has 98 valence electrons. The van der Waals surface area contributed by atoms with Gasteiger partial charge < -0.3 is 14.8 Å². The number of ether oxygens (including phenoxy) is 2. The molecule has 0 amide bonds. The second-order valence-electron chi connectivity index (χ2n) is 5.05. The lowest BCUT2D eigenvalue weighted by atomic mass is 9.86. The molecular formula is C12H22N2O3. The van der Waals surface area contributed by atoms with E-state index < -0.39 is 5.54 Å². The summed E-state index contributed by atoms with van der Waals surface area (Å²) in [6.07, 6.45) is 1.91. The molecule has 1 N–H and O–H groups in total. The largest absolute Gasteiger partial charge is 0.468 e. The number of hydrogen-bond donors (Lipinski definition) is 1. The summed E-state index contributed by atoms with van der Waals surface area (Å²) >= 11 is 0. The second-order valence-corrected chi connectivity index (χ2v) is 5.05. The Kier molecular flexibility index (Phi) is 4.01. The maximum Gasteiger partial charge on any atom is 0.325 e. The molecule has 17 heavy (non-hydrogen) atoms. The van der Waals surface area contributed by atoms with Gasteiger partial charge in [0.25, 0.3) is 0 Å². The average Bonchev–Trinajstić information content (AvgIpc) is 2.39. The van der Waals surface area contributed by atoms with Crippen molar-refractivity contribution in [3.63, 3.8) is 0 Å². The van der Waals surface area contributed by atoms with E-state index in [1.54, 1.807) is 0 Å². The normalized spacial score (nSPS) is 35.5. The standard InChI is InChI=1S/C12H22N2O3/c1-12(11(15)16-2)9-10(3-4-13-12)14-5-7-17-8-6-14/h10,13H,3-9H2,1-2H3/t10-,12+/m1/s1. The zero-order chi connectivity index (χ0) is 12.3. The van der Waals surface area contributed by atoms with Gasteiger partial charge in [0.2, 0.25) is 0 Å². The molecule has 5 nitrogen and oxygen atoms in total. The number of hydrogen-bond acceptors (Lipinski definition) is 5. The zero-order valence-corrected chi connectivity index (χ0v) is 10.7. The van der Waals surface area contributed by atoms with Crippen molar-refractivity contribution in [2.75, 3.05) is 40.0 Å². The Morgan fingerprint density at radius 1 is 1.47 bits per heavy atom. The lowest BCUT2D eigenvalue weighted by Gasteiger charge is -2.43. The molecule has 0 aromatic rings. The van der Waals surface area contributed by atoms with Gasteiger partial charge in [-0.3, -0.25) is 9.69 Å². The number of nitrogens with zero attached hydrogens (tertiary/aromatic N) is 1. The van der Waals surface area contributed by atoms with Gasteiger partial charge in [-0.25, -0.2) is 0 Å². The lowest BCUT2D eigenvalue weighted by molar-refractivity contribution is -0.150. The Balaban J connectivity index is 1.98. The van der Waals surface area contributed by atoms with Gasteiger partial charge in [-0.15, -0.1) is 0 Å². The first-order valence-electron chi connectivity index (χ1n) is 6.31. The number of methoxy groups -OCH3 is 1. The Hall–Kier alpha value is -0.650. The first kappa shape index (κ1) is 12.8. The van der Waals surface area contributed by atoms with E-state index in [1.165, 1.54) is 7.11 Å². The molecule has 0 spiro atoms. The topological polar surface area (TPSA) is 50.8 Å². The van der Waals surface area contributed by atoms with Crippen LogP contribution in [-0.4, -0.2) is 62.4 Å². The summed E-state index contributed by atoms with van der Waals surface area (Å²) in [6, 6.07) is 0.462. The molecule has 2 atom stereocenters. The first-order valence-corrected chi connectivity index (χ1v) is 6.31. The van der Waals surface area contributed by atoms with Crippen LogP contribution in [0.4, 0.5) is 0 Å². The number of morpholine rings is 1. The van der Waals surface area contributed by atoms with Gasteiger partial charge in [-0.05, 0) is 26.3 Å². The first-order chi connectivity index (χ1) is 8.15. The van der Waals surface area contributed by atoms with Gasteiger partial charge in [0.1, 0.15) is 5.54 Å². The third kappa shape index (κ3) is 2.78. The fourth-order valence-corrected chi connectivity index (χ4v) is 2.80. The van der Waals surface area contributed by atoms with Crippen molar-refractivity contribution in [2.24, 2.45) is 0 Å². The van der Waals surface area contributed by atoms with Gasteiger partial charge in [-0.2, -0.15) is 0 Å². The summed E-state index contributed by atoms with van der Waals surface area (Å²) in [5.41, 5.74) is -0.532. The third-order valence-electron chi connectivity index (χ3n) is 3.83. The van der Waals surface area contributed by atoms with Gasteiger partial charge in [0.05, 0.1) is 20.3 Å². The molecule has 0 unspecified atom stereocenters. The SMILES string of the molecule is COC(=O)[C@]1(C)C[C@H](N2CCOCC2)CCN1. The highest BCUT2D eigenvalue weighted by Crippen LogP contribution is 2.25. The minimum absolute atomic E-state index is 0.157. The van der Waals surface area contributed by atoms with Gasteiger partial charge >= 0.3 is 5.97 Å². The number of rotatable bonds is 2. The number of piperidine rings is 1. The minimum atomic E-state index is -0.532. The van der Waals surface area contributed by atoms with Gasteiger partial charge in [0.15, 0.2) is 0 Å². The van der Waals surface area contributed by atoms with Crippen LogP contribution in [0.3, 0.4) is 0 Å². The van der Waals surface area contributed by atoms with Gasteiger partial charge in [-0.1, -0.05) is 0 Å². The quantitative estimate of drug-likeness (QED) is 0.691. The molecule has 2 heterocycles. The molecule has 5 heteroatoms. The van der Waals surface area contributed by atoms with E-state index in [1.807, 2.05) is 6.92 Å². The van der Waals surface area contributed by atoms with E-state index >= 15 is 0 Å². The second kappa shape index (κ2) is 5.33. The van der Waals surface area contributed by atoms with Crippen molar-refractivity contribution in [3.05, 3.63) is 0 Å². The number of carbonyl (C=O) groups excluding carboxylic acids is 1. The van der Waals surface area contributed by atoms with Crippen LogP contribution in [0.5, 0.6) is 0 Å². The molecule has 2 fully saturated rings. The van der Waals surface area contributed by atoms with Crippen LogP contribution < -0.4 is 5.32 Å². The Morgan fingerprint density at radius 3 is 2.82 bits per heavy atom. The molecule has 0 saturated carbocycles. The summed E-state index contributed by atoms with van der Waals surface area (Å²) < 4.78 is 10.2. The molecule has 0 aromatic heterocycles. The highest BCUT2D eigenvalue weighted by atomic mass is 16.5. The summed E-state index contributed by atoms with van der Waals surface area (Å²) in [4.78, 5) is 14.2. The zero-order valence-electron chi connectivity index (χ0n) is 10.7. The highest BCUT2D eigenvalue weighted by Gasteiger charge is 2.41. The van der Waals surface area contributed by atoms with Crippen LogP contribution >= 0.6 is 0 Å². The maximum atomic E-state index is 11.8. The van der Waals surface area contributed by atoms with Crippen molar-refractivity contribution >= 4 is 5.97 Å². The predicted molar refractivity (Wildman–Crippen MR) is 63.8 cm³/mol. The molecule has 0 bridgehead atoms.